The Bertz CT molecular complexity index is 357. The van der Waals surface area contributed by atoms with E-state index in [9.17, 15) is 4.79 Å². The number of primary amides is 1. The lowest BCUT2D eigenvalue weighted by molar-refractivity contribution is -0.117. The summed E-state index contributed by atoms with van der Waals surface area (Å²) < 4.78 is 1.90. The number of nitrogens with two attached hydrogens (primary N) is 1. The zero-order chi connectivity index (χ0) is 12.1. The second kappa shape index (κ2) is 5.63. The molecule has 0 bridgehead atoms. The molecule has 16 heavy (non-hydrogen) atoms. The van der Waals surface area contributed by atoms with E-state index in [1.54, 1.807) is 0 Å². The smallest absolute Gasteiger partial charge is 0.223 e. The van der Waals surface area contributed by atoms with E-state index in [4.69, 9.17) is 5.73 Å². The summed E-state index contributed by atoms with van der Waals surface area (Å²) in [5.74, 6) is -0.0503. The molecule has 0 saturated carbocycles. The van der Waals surface area contributed by atoms with Crippen molar-refractivity contribution >= 4 is 5.91 Å². The highest BCUT2D eigenvalue weighted by Crippen LogP contribution is 2.18. The fourth-order valence-corrected chi connectivity index (χ4v) is 1.75. The van der Waals surface area contributed by atoms with Gasteiger partial charge in [0, 0.05) is 6.54 Å². The Balaban J connectivity index is 2.92. The van der Waals surface area contributed by atoms with Crippen molar-refractivity contribution in [2.75, 3.05) is 0 Å². The third-order valence-electron chi connectivity index (χ3n) is 2.46. The van der Waals surface area contributed by atoms with E-state index >= 15 is 0 Å². The Kier molecular flexibility index (Phi) is 4.46. The van der Waals surface area contributed by atoms with E-state index in [1.165, 1.54) is 0 Å². The lowest BCUT2D eigenvalue weighted by Crippen LogP contribution is -2.16. The number of hydrogen-bond acceptors (Lipinski definition) is 3. The molecule has 0 fully saturated rings. The molecule has 0 saturated heterocycles. The highest BCUT2D eigenvalue weighted by molar-refractivity contribution is 5.76. The van der Waals surface area contributed by atoms with Crippen molar-refractivity contribution in [1.82, 2.24) is 15.0 Å². The van der Waals surface area contributed by atoms with Gasteiger partial charge in [0.2, 0.25) is 5.91 Å². The van der Waals surface area contributed by atoms with Crippen LogP contribution in [0, 0.1) is 0 Å². The standard InChI is InChI=1S/C11H20N4O/c1-4-5-6-15-11(8(2)3)9(13-14-15)7-10(12)16/h8H,4-7H2,1-3H3,(H2,12,16). The highest BCUT2D eigenvalue weighted by Gasteiger charge is 2.17. The predicted molar refractivity (Wildman–Crippen MR) is 61.9 cm³/mol. The monoisotopic (exact) mass is 224 g/mol. The second-order valence-corrected chi connectivity index (χ2v) is 4.30. The summed E-state index contributed by atoms with van der Waals surface area (Å²) in [4.78, 5) is 10.9. The van der Waals surface area contributed by atoms with Gasteiger partial charge in [0.05, 0.1) is 17.8 Å². The maximum atomic E-state index is 10.9. The van der Waals surface area contributed by atoms with E-state index in [2.05, 4.69) is 31.1 Å². The molecule has 0 aromatic carbocycles. The first-order valence-electron chi connectivity index (χ1n) is 5.76. The molecule has 0 radical (unpaired) electrons. The molecule has 0 aliphatic carbocycles. The molecule has 5 heteroatoms. The zero-order valence-corrected chi connectivity index (χ0v) is 10.2. The first-order valence-corrected chi connectivity index (χ1v) is 5.76. The maximum absolute atomic E-state index is 10.9. The van der Waals surface area contributed by atoms with Gasteiger partial charge in [0.1, 0.15) is 0 Å². The Morgan fingerprint density at radius 2 is 2.19 bits per heavy atom. The molecule has 5 nitrogen and oxygen atoms in total. The molecular formula is C11H20N4O. The van der Waals surface area contributed by atoms with Gasteiger partial charge in [-0.25, -0.2) is 4.68 Å². The number of rotatable bonds is 6. The molecule has 90 valence electrons. The number of aromatic nitrogens is 3. The number of carbonyl (C=O) groups is 1. The zero-order valence-electron chi connectivity index (χ0n) is 10.2. The minimum Gasteiger partial charge on any atom is -0.369 e. The molecule has 1 aromatic heterocycles. The van der Waals surface area contributed by atoms with Crippen molar-refractivity contribution < 1.29 is 4.79 Å². The van der Waals surface area contributed by atoms with E-state index in [0.29, 0.717) is 5.92 Å². The number of hydrogen-bond donors (Lipinski definition) is 1. The predicted octanol–water partition coefficient (Wildman–Crippen LogP) is 1.23. The molecule has 1 rings (SSSR count). The molecule has 0 spiro atoms. The summed E-state index contributed by atoms with van der Waals surface area (Å²) in [6.45, 7) is 7.14. The van der Waals surface area contributed by atoms with Gasteiger partial charge in [-0.3, -0.25) is 4.79 Å². The van der Waals surface area contributed by atoms with E-state index in [1.807, 2.05) is 4.68 Å². The Morgan fingerprint density at radius 3 is 2.69 bits per heavy atom. The number of nitrogens with zero attached hydrogens (tertiary/aromatic N) is 3. The van der Waals surface area contributed by atoms with Crippen LogP contribution in [0.1, 0.15) is 50.9 Å². The number of carbonyl (C=O) groups excluding carboxylic acids is 1. The third-order valence-corrected chi connectivity index (χ3v) is 2.46. The van der Waals surface area contributed by atoms with E-state index in [0.717, 1.165) is 30.8 Å². The van der Waals surface area contributed by atoms with Crippen LogP contribution in [0.5, 0.6) is 0 Å². The average molecular weight is 224 g/mol. The topological polar surface area (TPSA) is 73.8 Å². The van der Waals surface area contributed by atoms with Crippen molar-refractivity contribution in [3.8, 4) is 0 Å². The van der Waals surface area contributed by atoms with Crippen LogP contribution in [0.2, 0.25) is 0 Å². The van der Waals surface area contributed by atoms with Crippen molar-refractivity contribution in [1.29, 1.82) is 0 Å². The molecule has 0 aliphatic heterocycles. The maximum Gasteiger partial charge on any atom is 0.223 e. The Labute approximate surface area is 96.0 Å². The summed E-state index contributed by atoms with van der Waals surface area (Å²) >= 11 is 0. The number of unbranched alkanes of at least 4 members (excludes halogenated alkanes) is 1. The van der Waals surface area contributed by atoms with Gasteiger partial charge in [-0.2, -0.15) is 0 Å². The molecule has 0 unspecified atom stereocenters. The fourth-order valence-electron chi connectivity index (χ4n) is 1.75. The summed E-state index contributed by atoms with van der Waals surface area (Å²) in [6, 6.07) is 0. The van der Waals surface area contributed by atoms with Gasteiger partial charge in [0.15, 0.2) is 0 Å². The minimum atomic E-state index is -0.357. The van der Waals surface area contributed by atoms with Crippen LogP contribution >= 0.6 is 0 Å². The summed E-state index contributed by atoms with van der Waals surface area (Å²) in [6.07, 6.45) is 2.36. The molecule has 0 atom stereocenters. The Morgan fingerprint density at radius 1 is 1.50 bits per heavy atom. The second-order valence-electron chi connectivity index (χ2n) is 4.30. The van der Waals surface area contributed by atoms with Gasteiger partial charge in [-0.1, -0.05) is 32.4 Å². The highest BCUT2D eigenvalue weighted by atomic mass is 16.1. The molecule has 2 N–H and O–H groups in total. The van der Waals surface area contributed by atoms with Crippen LogP contribution in [0.4, 0.5) is 0 Å². The quantitative estimate of drug-likeness (QED) is 0.789. The van der Waals surface area contributed by atoms with Crippen LogP contribution in [0.3, 0.4) is 0 Å². The van der Waals surface area contributed by atoms with Crippen LogP contribution in [-0.2, 0) is 17.8 Å². The van der Waals surface area contributed by atoms with E-state index < -0.39 is 0 Å². The van der Waals surface area contributed by atoms with Crippen LogP contribution in [0.15, 0.2) is 0 Å². The summed E-state index contributed by atoms with van der Waals surface area (Å²) in [5, 5.41) is 8.13. The van der Waals surface area contributed by atoms with Gasteiger partial charge in [-0.05, 0) is 12.3 Å². The fraction of sp³-hybridized carbons (Fsp3) is 0.727. The molecule has 1 aromatic rings. The molecule has 1 heterocycles. The summed E-state index contributed by atoms with van der Waals surface area (Å²) in [7, 11) is 0. The number of aryl methyl sites for hydroxylation is 1. The van der Waals surface area contributed by atoms with Crippen molar-refractivity contribution in [2.24, 2.45) is 5.73 Å². The Hall–Kier alpha value is -1.39. The average Bonchev–Trinajstić information content (AvgIpc) is 2.56. The molecular weight excluding hydrogens is 204 g/mol. The largest absolute Gasteiger partial charge is 0.369 e. The van der Waals surface area contributed by atoms with Gasteiger partial charge < -0.3 is 5.73 Å². The lowest BCUT2D eigenvalue weighted by atomic mass is 10.1. The third kappa shape index (κ3) is 3.05. The molecule has 0 aliphatic rings. The van der Waals surface area contributed by atoms with Crippen molar-refractivity contribution in [2.45, 2.75) is 52.5 Å². The normalized spacial score (nSPS) is 11.0. The number of amides is 1. The molecule has 1 amide bonds. The van der Waals surface area contributed by atoms with Gasteiger partial charge >= 0.3 is 0 Å². The lowest BCUT2D eigenvalue weighted by Gasteiger charge is -2.09. The van der Waals surface area contributed by atoms with Crippen molar-refractivity contribution in [3.63, 3.8) is 0 Å². The summed E-state index contributed by atoms with van der Waals surface area (Å²) in [5.41, 5.74) is 6.94. The van der Waals surface area contributed by atoms with Crippen LogP contribution in [0.25, 0.3) is 0 Å². The van der Waals surface area contributed by atoms with E-state index in [-0.39, 0.29) is 12.3 Å². The van der Waals surface area contributed by atoms with Crippen LogP contribution < -0.4 is 5.73 Å². The first kappa shape index (κ1) is 12.7. The van der Waals surface area contributed by atoms with Gasteiger partial charge in [0.25, 0.3) is 0 Å². The SMILES string of the molecule is CCCCn1nnc(CC(N)=O)c1C(C)C. The van der Waals surface area contributed by atoms with Crippen LogP contribution in [-0.4, -0.2) is 20.9 Å². The van der Waals surface area contributed by atoms with Gasteiger partial charge in [-0.15, -0.1) is 5.10 Å². The first-order chi connectivity index (χ1) is 7.56. The van der Waals surface area contributed by atoms with Crippen molar-refractivity contribution in [3.05, 3.63) is 11.4 Å². The minimum absolute atomic E-state index is 0.180.